The topological polar surface area (TPSA) is 102 Å². The molecule has 0 aliphatic carbocycles. The van der Waals surface area contributed by atoms with Crippen LogP contribution in [0.3, 0.4) is 0 Å². The molecular weight excluding hydrogens is 675 g/mol. The SMILES string of the molecule is CCCC[C@@H](C(=O)O)N(C)S(=O)(=O)c1cc(F)c(CSc2ncc(C(C)(C)c3ccc(Cl)c(OC)c3)n2-c2ccc(F)cc2)c(F)c1. The summed E-state index contributed by atoms with van der Waals surface area (Å²) < 4.78 is 78.9. The maximum Gasteiger partial charge on any atom is 0.322 e. The third-order valence-corrected chi connectivity index (χ3v) is 11.2. The fraction of sp³-hybridized carbons (Fsp3) is 0.333. The number of sulfonamides is 1. The van der Waals surface area contributed by atoms with E-state index in [1.54, 1.807) is 35.0 Å². The van der Waals surface area contributed by atoms with E-state index in [2.05, 4.69) is 4.98 Å². The molecule has 0 aliphatic rings. The number of likely N-dealkylation sites (N-methyl/N-ethyl adjacent to an activating group) is 1. The molecule has 1 heterocycles. The van der Waals surface area contributed by atoms with Crippen molar-refractivity contribution in [2.75, 3.05) is 14.2 Å². The summed E-state index contributed by atoms with van der Waals surface area (Å²) in [6.07, 6.45) is 2.77. The molecule has 14 heteroatoms. The summed E-state index contributed by atoms with van der Waals surface area (Å²) in [6.45, 7) is 5.74. The highest BCUT2D eigenvalue weighted by Crippen LogP contribution is 2.39. The van der Waals surface area contributed by atoms with E-state index in [4.69, 9.17) is 16.3 Å². The molecule has 252 valence electrons. The van der Waals surface area contributed by atoms with Gasteiger partial charge in [-0.05, 0) is 60.5 Å². The molecule has 0 saturated carbocycles. The number of methoxy groups -OCH3 is 1. The molecule has 1 N–H and O–H groups in total. The zero-order valence-corrected chi connectivity index (χ0v) is 28.8. The Balaban J connectivity index is 1.70. The summed E-state index contributed by atoms with van der Waals surface area (Å²) in [4.78, 5) is 15.6. The van der Waals surface area contributed by atoms with Gasteiger partial charge in [-0.15, -0.1) is 0 Å². The van der Waals surface area contributed by atoms with Crippen molar-refractivity contribution in [3.8, 4) is 11.4 Å². The molecule has 1 aromatic heterocycles. The average Bonchev–Trinajstić information content (AvgIpc) is 3.45. The first kappa shape index (κ1) is 36.3. The van der Waals surface area contributed by atoms with Crippen LogP contribution in [0.5, 0.6) is 5.75 Å². The van der Waals surface area contributed by atoms with Crippen LogP contribution in [0.2, 0.25) is 5.02 Å². The van der Waals surface area contributed by atoms with Gasteiger partial charge in [0, 0.05) is 29.5 Å². The van der Waals surface area contributed by atoms with Crippen molar-refractivity contribution in [1.29, 1.82) is 0 Å². The summed E-state index contributed by atoms with van der Waals surface area (Å²) in [6, 6.07) is 11.1. The van der Waals surface area contributed by atoms with E-state index in [-0.39, 0.29) is 12.2 Å². The van der Waals surface area contributed by atoms with E-state index in [0.717, 1.165) is 24.4 Å². The van der Waals surface area contributed by atoms with Gasteiger partial charge in [-0.2, -0.15) is 4.31 Å². The molecule has 0 fully saturated rings. The van der Waals surface area contributed by atoms with Crippen LogP contribution >= 0.6 is 23.4 Å². The minimum atomic E-state index is -4.53. The molecule has 0 spiro atoms. The third-order valence-electron chi connectivity index (χ3n) is 8.02. The highest BCUT2D eigenvalue weighted by molar-refractivity contribution is 7.98. The largest absolute Gasteiger partial charge is 0.495 e. The first-order valence-electron chi connectivity index (χ1n) is 14.6. The zero-order chi connectivity index (χ0) is 34.7. The van der Waals surface area contributed by atoms with E-state index < -0.39 is 55.4 Å². The number of unbranched alkanes of at least 4 members (excludes halogenated alkanes) is 1. The fourth-order valence-corrected chi connectivity index (χ4v) is 7.68. The van der Waals surface area contributed by atoms with Crippen LogP contribution in [0.25, 0.3) is 5.69 Å². The van der Waals surface area contributed by atoms with Crippen LogP contribution in [0, 0.1) is 17.5 Å². The Hall–Kier alpha value is -3.52. The van der Waals surface area contributed by atoms with Crippen molar-refractivity contribution in [3.05, 3.63) is 100 Å². The lowest BCUT2D eigenvalue weighted by Gasteiger charge is -2.28. The smallest absolute Gasteiger partial charge is 0.322 e. The normalized spacial score (nSPS) is 12.8. The number of thioether (sulfide) groups is 1. The number of carbonyl (C=O) groups is 1. The standard InChI is InChI=1S/C33H35ClF3N3O5S2/c1-6-7-8-28(31(41)42)39(4)47(43,44)23-16-26(36)24(27(37)17-23)19-46-32-38-18-30(40(32)22-12-10-21(35)11-13-22)33(2,3)20-9-14-25(34)29(15-20)45-5/h9-18,28H,6-8,19H2,1-5H3,(H,41,42)/t28-/m0/s1. The second-order valence-electron chi connectivity index (χ2n) is 11.4. The average molecular weight is 710 g/mol. The summed E-state index contributed by atoms with van der Waals surface area (Å²) in [5, 5.41) is 10.4. The van der Waals surface area contributed by atoms with E-state index >= 15 is 8.78 Å². The Morgan fingerprint density at radius 3 is 2.32 bits per heavy atom. The lowest BCUT2D eigenvalue weighted by atomic mass is 9.81. The molecule has 0 unspecified atom stereocenters. The van der Waals surface area contributed by atoms with Gasteiger partial charge < -0.3 is 9.84 Å². The van der Waals surface area contributed by atoms with Gasteiger partial charge in [0.1, 0.15) is 29.2 Å². The number of imidazole rings is 1. The number of nitrogens with zero attached hydrogens (tertiary/aromatic N) is 3. The summed E-state index contributed by atoms with van der Waals surface area (Å²) in [7, 11) is -1.95. The van der Waals surface area contributed by atoms with Crippen LogP contribution in [0.1, 0.15) is 56.9 Å². The van der Waals surface area contributed by atoms with Crippen LogP contribution < -0.4 is 4.74 Å². The van der Waals surface area contributed by atoms with Gasteiger partial charge in [-0.1, -0.05) is 63.0 Å². The lowest BCUT2D eigenvalue weighted by molar-refractivity contribution is -0.141. The minimum Gasteiger partial charge on any atom is -0.495 e. The number of carboxylic acids is 1. The number of aliphatic carboxylic acids is 1. The Labute approximate surface area is 281 Å². The predicted molar refractivity (Wildman–Crippen MR) is 175 cm³/mol. The molecule has 0 aliphatic heterocycles. The maximum absolute atomic E-state index is 15.4. The van der Waals surface area contributed by atoms with Gasteiger partial charge in [0.05, 0.1) is 28.9 Å². The monoisotopic (exact) mass is 709 g/mol. The second kappa shape index (κ2) is 14.7. The van der Waals surface area contributed by atoms with Gasteiger partial charge in [0.25, 0.3) is 0 Å². The number of carboxylic acid groups (broad SMARTS) is 1. The molecule has 0 saturated heterocycles. The van der Waals surface area contributed by atoms with Crippen LogP contribution in [0.15, 0.2) is 70.8 Å². The summed E-state index contributed by atoms with van der Waals surface area (Å²) in [5.41, 5.74) is 0.961. The van der Waals surface area contributed by atoms with Crippen LogP contribution in [-0.4, -0.2) is 53.5 Å². The van der Waals surface area contributed by atoms with Gasteiger partial charge in [0.15, 0.2) is 5.16 Å². The third kappa shape index (κ3) is 7.64. The summed E-state index contributed by atoms with van der Waals surface area (Å²) in [5.74, 6) is -3.82. The first-order chi connectivity index (χ1) is 22.1. The van der Waals surface area contributed by atoms with Crippen LogP contribution in [-0.2, 0) is 26.0 Å². The van der Waals surface area contributed by atoms with Crippen molar-refractivity contribution >= 4 is 39.4 Å². The molecular formula is C33H35ClF3N3O5S2. The molecule has 1 atom stereocenters. The zero-order valence-electron chi connectivity index (χ0n) is 26.4. The number of hydrogen-bond acceptors (Lipinski definition) is 6. The fourth-order valence-electron chi connectivity index (χ4n) is 5.11. The van der Waals surface area contributed by atoms with Crippen molar-refractivity contribution in [2.45, 2.75) is 67.3 Å². The molecule has 4 aromatic rings. The highest BCUT2D eigenvalue weighted by Gasteiger charge is 2.34. The van der Waals surface area contributed by atoms with Gasteiger partial charge in [-0.3, -0.25) is 9.36 Å². The Bertz CT molecular complexity index is 1840. The van der Waals surface area contributed by atoms with Gasteiger partial charge in [-0.25, -0.2) is 26.6 Å². The van der Waals surface area contributed by atoms with E-state index in [1.165, 1.54) is 19.2 Å². The minimum absolute atomic E-state index is 0.0479. The first-order valence-corrected chi connectivity index (χ1v) is 17.4. The number of halogens is 4. The van der Waals surface area contributed by atoms with Gasteiger partial charge >= 0.3 is 5.97 Å². The van der Waals surface area contributed by atoms with Crippen LogP contribution in [0.4, 0.5) is 13.2 Å². The number of rotatable bonds is 14. The van der Waals surface area contributed by atoms with Crippen molar-refractivity contribution in [2.24, 2.45) is 0 Å². The lowest BCUT2D eigenvalue weighted by Crippen LogP contribution is -2.42. The van der Waals surface area contributed by atoms with Crippen molar-refractivity contribution < 1.29 is 36.2 Å². The number of ether oxygens (including phenoxy) is 1. The van der Waals surface area contributed by atoms with E-state index in [1.807, 2.05) is 26.8 Å². The Morgan fingerprint density at radius 2 is 1.74 bits per heavy atom. The number of aromatic nitrogens is 2. The second-order valence-corrected chi connectivity index (χ2v) is 14.7. The van der Waals surface area contributed by atoms with Gasteiger partial charge in [0.2, 0.25) is 10.0 Å². The molecule has 8 nitrogen and oxygen atoms in total. The molecule has 0 bridgehead atoms. The van der Waals surface area contributed by atoms with E-state index in [9.17, 15) is 22.7 Å². The quantitative estimate of drug-likeness (QED) is 0.133. The van der Waals surface area contributed by atoms with Crippen molar-refractivity contribution in [1.82, 2.24) is 13.9 Å². The molecule has 0 amide bonds. The Morgan fingerprint density at radius 1 is 1.11 bits per heavy atom. The molecule has 0 radical (unpaired) electrons. The molecule has 3 aromatic carbocycles. The summed E-state index contributed by atoms with van der Waals surface area (Å²) >= 11 is 7.26. The van der Waals surface area contributed by atoms with Crippen molar-refractivity contribution in [3.63, 3.8) is 0 Å². The molecule has 47 heavy (non-hydrogen) atoms. The predicted octanol–water partition coefficient (Wildman–Crippen LogP) is 7.83. The Kier molecular flexibility index (Phi) is 11.4. The highest BCUT2D eigenvalue weighted by atomic mass is 35.5. The number of benzene rings is 3. The molecule has 4 rings (SSSR count). The van der Waals surface area contributed by atoms with E-state index in [0.29, 0.717) is 56.6 Å². The maximum atomic E-state index is 15.4. The number of hydrogen-bond donors (Lipinski definition) is 1.